The van der Waals surface area contributed by atoms with Gasteiger partial charge >= 0.3 is 0 Å². The molecule has 4 nitrogen and oxygen atoms in total. The van der Waals surface area contributed by atoms with Crippen LogP contribution in [-0.4, -0.2) is 30.6 Å². The third kappa shape index (κ3) is 1.85. The smallest absolute Gasteiger partial charge is 0.146 e. The van der Waals surface area contributed by atoms with E-state index in [1.54, 1.807) is 6.20 Å². The van der Waals surface area contributed by atoms with Gasteiger partial charge in [-0.15, -0.1) is 0 Å². The molecule has 1 aromatic heterocycles. The van der Waals surface area contributed by atoms with Crippen molar-refractivity contribution >= 4 is 5.82 Å². The van der Waals surface area contributed by atoms with E-state index in [0.717, 1.165) is 18.1 Å². The predicted molar refractivity (Wildman–Crippen MR) is 56.3 cm³/mol. The predicted octanol–water partition coefficient (Wildman–Crippen LogP) is 0.967. The van der Waals surface area contributed by atoms with Gasteiger partial charge < -0.3 is 10.2 Å². The molecule has 0 spiro atoms. The van der Waals surface area contributed by atoms with E-state index >= 15 is 0 Å². The molecule has 0 aliphatic carbocycles. The van der Waals surface area contributed by atoms with Gasteiger partial charge in [0.1, 0.15) is 5.82 Å². The maximum atomic E-state index is 4.56. The van der Waals surface area contributed by atoms with Crippen LogP contribution in [0, 0.1) is 0 Å². The van der Waals surface area contributed by atoms with Gasteiger partial charge in [-0.25, -0.2) is 4.98 Å². The normalized spacial score (nSPS) is 21.1. The Morgan fingerprint density at radius 2 is 2.29 bits per heavy atom. The van der Waals surface area contributed by atoms with E-state index in [9.17, 15) is 0 Å². The molecule has 1 aliphatic rings. The third-order valence-electron chi connectivity index (χ3n) is 2.52. The van der Waals surface area contributed by atoms with E-state index in [1.807, 2.05) is 25.2 Å². The number of aromatic nitrogens is 2. The maximum Gasteiger partial charge on any atom is 0.146 e. The molecular formula is C10H16N4. The molecule has 1 unspecified atom stereocenters. The number of nitrogens with zero attached hydrogens (tertiary/aromatic N) is 3. The lowest BCUT2D eigenvalue weighted by Gasteiger charge is -2.14. The zero-order valence-electron chi connectivity index (χ0n) is 8.70. The van der Waals surface area contributed by atoms with Crippen LogP contribution in [0.4, 0.5) is 5.82 Å². The van der Waals surface area contributed by atoms with Crippen molar-refractivity contribution in [3.05, 3.63) is 18.1 Å². The number of rotatable bonds is 2. The molecule has 1 aromatic rings. The van der Waals surface area contributed by atoms with Crippen LogP contribution in [0.15, 0.2) is 12.4 Å². The van der Waals surface area contributed by atoms with E-state index in [2.05, 4.69) is 15.3 Å². The number of hydrogen-bond donors (Lipinski definition) is 1. The molecule has 1 aliphatic heterocycles. The Bertz CT molecular complexity index is 305. The summed E-state index contributed by atoms with van der Waals surface area (Å²) in [6, 6.07) is 0.405. The van der Waals surface area contributed by atoms with E-state index in [0.29, 0.717) is 6.04 Å². The van der Waals surface area contributed by atoms with Crippen molar-refractivity contribution < 1.29 is 0 Å². The first kappa shape index (κ1) is 9.40. The fourth-order valence-electron chi connectivity index (χ4n) is 1.69. The number of hydrogen-bond acceptors (Lipinski definition) is 4. The van der Waals surface area contributed by atoms with E-state index in [1.165, 1.54) is 12.8 Å². The van der Waals surface area contributed by atoms with Crippen LogP contribution in [0.25, 0.3) is 0 Å². The summed E-state index contributed by atoms with van der Waals surface area (Å²) >= 11 is 0. The van der Waals surface area contributed by atoms with Gasteiger partial charge in [0.25, 0.3) is 0 Å². The van der Waals surface area contributed by atoms with Crippen molar-refractivity contribution in [3.63, 3.8) is 0 Å². The second-order valence-electron chi connectivity index (χ2n) is 3.85. The molecule has 1 atom stereocenters. The second-order valence-corrected chi connectivity index (χ2v) is 3.85. The van der Waals surface area contributed by atoms with Crippen LogP contribution in [0.3, 0.4) is 0 Å². The van der Waals surface area contributed by atoms with Crippen LogP contribution < -0.4 is 10.2 Å². The standard InChI is InChI=1S/C10H16N4/c1-14(2)10-7-11-6-9(13-10)8-4-3-5-12-8/h6-8,12H,3-5H2,1-2H3. The van der Waals surface area contributed by atoms with Crippen molar-refractivity contribution in [2.45, 2.75) is 18.9 Å². The summed E-state index contributed by atoms with van der Waals surface area (Å²) in [5.74, 6) is 0.927. The summed E-state index contributed by atoms with van der Waals surface area (Å²) < 4.78 is 0. The molecule has 1 fully saturated rings. The fraction of sp³-hybridized carbons (Fsp3) is 0.600. The SMILES string of the molecule is CN(C)c1cncc(C2CCCN2)n1. The molecule has 0 aromatic carbocycles. The Kier molecular flexibility index (Phi) is 2.63. The number of anilines is 1. The van der Waals surface area contributed by atoms with E-state index < -0.39 is 0 Å². The maximum absolute atomic E-state index is 4.56. The minimum Gasteiger partial charge on any atom is -0.361 e. The van der Waals surface area contributed by atoms with Crippen molar-refractivity contribution in [1.82, 2.24) is 15.3 Å². The summed E-state index contributed by atoms with van der Waals surface area (Å²) in [6.45, 7) is 1.10. The lowest BCUT2D eigenvalue weighted by atomic mass is 10.2. The highest BCUT2D eigenvalue weighted by atomic mass is 15.2. The largest absolute Gasteiger partial charge is 0.361 e. The van der Waals surface area contributed by atoms with Crippen molar-refractivity contribution in [1.29, 1.82) is 0 Å². The van der Waals surface area contributed by atoms with Gasteiger partial charge in [0, 0.05) is 14.1 Å². The zero-order chi connectivity index (χ0) is 9.97. The summed E-state index contributed by atoms with van der Waals surface area (Å²) in [6.07, 6.45) is 6.05. The molecule has 2 heterocycles. The minimum atomic E-state index is 0.405. The molecule has 4 heteroatoms. The summed E-state index contributed by atoms with van der Waals surface area (Å²) in [5, 5.41) is 3.42. The van der Waals surface area contributed by atoms with Crippen LogP contribution in [-0.2, 0) is 0 Å². The molecular weight excluding hydrogens is 176 g/mol. The van der Waals surface area contributed by atoms with Gasteiger partial charge in [-0.1, -0.05) is 0 Å². The minimum absolute atomic E-state index is 0.405. The Morgan fingerprint density at radius 3 is 2.93 bits per heavy atom. The molecule has 2 rings (SSSR count). The third-order valence-corrected chi connectivity index (χ3v) is 2.52. The van der Waals surface area contributed by atoms with Crippen LogP contribution in [0.5, 0.6) is 0 Å². The fourth-order valence-corrected chi connectivity index (χ4v) is 1.69. The summed E-state index contributed by atoms with van der Waals surface area (Å²) in [5.41, 5.74) is 1.06. The molecule has 76 valence electrons. The Labute approximate surface area is 84.4 Å². The molecule has 1 N–H and O–H groups in total. The highest BCUT2D eigenvalue weighted by Crippen LogP contribution is 2.21. The van der Waals surface area contributed by atoms with Gasteiger partial charge in [-0.2, -0.15) is 0 Å². The van der Waals surface area contributed by atoms with Crippen LogP contribution >= 0.6 is 0 Å². The molecule has 1 saturated heterocycles. The average molecular weight is 192 g/mol. The van der Waals surface area contributed by atoms with Crippen molar-refractivity contribution in [2.75, 3.05) is 25.5 Å². The highest BCUT2D eigenvalue weighted by Gasteiger charge is 2.18. The lowest BCUT2D eigenvalue weighted by Crippen LogP contribution is -2.17. The molecule has 0 saturated carbocycles. The van der Waals surface area contributed by atoms with Gasteiger partial charge in [0.05, 0.1) is 24.1 Å². The van der Waals surface area contributed by atoms with Crippen molar-refractivity contribution in [2.24, 2.45) is 0 Å². The Hall–Kier alpha value is -1.16. The lowest BCUT2D eigenvalue weighted by molar-refractivity contribution is 0.624. The number of nitrogens with one attached hydrogen (secondary N) is 1. The monoisotopic (exact) mass is 192 g/mol. The average Bonchev–Trinajstić information content (AvgIpc) is 2.71. The first-order valence-electron chi connectivity index (χ1n) is 5.00. The van der Waals surface area contributed by atoms with Gasteiger partial charge in [-0.05, 0) is 19.4 Å². The Balaban J connectivity index is 2.21. The first-order valence-corrected chi connectivity index (χ1v) is 5.00. The van der Waals surface area contributed by atoms with Crippen LogP contribution in [0.1, 0.15) is 24.6 Å². The van der Waals surface area contributed by atoms with E-state index in [-0.39, 0.29) is 0 Å². The Morgan fingerprint density at radius 1 is 1.43 bits per heavy atom. The summed E-state index contributed by atoms with van der Waals surface area (Å²) in [4.78, 5) is 10.7. The van der Waals surface area contributed by atoms with Gasteiger partial charge in [0.15, 0.2) is 0 Å². The quantitative estimate of drug-likeness (QED) is 0.758. The zero-order valence-corrected chi connectivity index (χ0v) is 8.70. The highest BCUT2D eigenvalue weighted by molar-refractivity contribution is 5.34. The molecule has 0 radical (unpaired) electrons. The topological polar surface area (TPSA) is 41.1 Å². The van der Waals surface area contributed by atoms with Crippen molar-refractivity contribution in [3.8, 4) is 0 Å². The summed E-state index contributed by atoms with van der Waals surface area (Å²) in [7, 11) is 3.96. The first-order chi connectivity index (χ1) is 6.77. The van der Waals surface area contributed by atoms with E-state index in [4.69, 9.17) is 0 Å². The molecule has 0 amide bonds. The van der Waals surface area contributed by atoms with Crippen LogP contribution in [0.2, 0.25) is 0 Å². The molecule has 14 heavy (non-hydrogen) atoms. The van der Waals surface area contributed by atoms with Gasteiger partial charge in [-0.3, -0.25) is 4.98 Å². The van der Waals surface area contributed by atoms with Gasteiger partial charge in [0.2, 0.25) is 0 Å². The molecule has 0 bridgehead atoms. The second kappa shape index (κ2) is 3.92.